The van der Waals surface area contributed by atoms with Gasteiger partial charge in [0.1, 0.15) is 11.6 Å². The molecule has 0 spiro atoms. The summed E-state index contributed by atoms with van der Waals surface area (Å²) in [6.07, 6.45) is 2.11. The summed E-state index contributed by atoms with van der Waals surface area (Å²) in [6, 6.07) is 4.36. The number of rotatable bonds is 4. The maximum Gasteiger partial charge on any atom is 0.135 e. The zero-order valence-electron chi connectivity index (χ0n) is 10.3. The molecule has 1 aromatic carbocycles. The fourth-order valence-corrected chi connectivity index (χ4v) is 1.53. The van der Waals surface area contributed by atoms with Gasteiger partial charge in [-0.15, -0.1) is 0 Å². The quantitative estimate of drug-likeness (QED) is 0.814. The second-order valence-corrected chi connectivity index (χ2v) is 3.86. The monoisotopic (exact) mass is 235 g/mol. The van der Waals surface area contributed by atoms with Crippen molar-refractivity contribution in [2.24, 2.45) is 5.73 Å². The molecular formula is C14H18FNO. The average Bonchev–Trinajstić information content (AvgIpc) is 2.30. The Kier molecular flexibility index (Phi) is 5.51. The van der Waals surface area contributed by atoms with Crippen molar-refractivity contribution in [3.8, 4) is 17.6 Å². The Morgan fingerprint density at radius 2 is 2.24 bits per heavy atom. The normalized spacial score (nSPS) is 11.5. The molecule has 0 bridgehead atoms. The van der Waals surface area contributed by atoms with Crippen LogP contribution in [0.1, 0.15) is 32.3 Å². The molecule has 1 aromatic rings. The first kappa shape index (κ1) is 13.5. The van der Waals surface area contributed by atoms with Crippen LogP contribution in [0.3, 0.4) is 0 Å². The number of ether oxygens (including phenoxy) is 1. The number of nitrogens with two attached hydrogens (primary N) is 1. The molecule has 92 valence electrons. The summed E-state index contributed by atoms with van der Waals surface area (Å²) in [5.74, 6) is 5.83. The van der Waals surface area contributed by atoms with Crippen LogP contribution in [0.2, 0.25) is 0 Å². The molecule has 2 nitrogen and oxygen atoms in total. The molecule has 0 radical (unpaired) electrons. The molecule has 0 amide bonds. The zero-order valence-corrected chi connectivity index (χ0v) is 10.3. The van der Waals surface area contributed by atoms with Crippen LogP contribution in [-0.2, 0) is 0 Å². The van der Waals surface area contributed by atoms with Crippen LogP contribution in [0.15, 0.2) is 18.2 Å². The van der Waals surface area contributed by atoms with E-state index in [1.165, 1.54) is 12.1 Å². The lowest BCUT2D eigenvalue weighted by molar-refractivity contribution is 0.209. The van der Waals surface area contributed by atoms with E-state index in [2.05, 4.69) is 18.8 Å². The molecule has 3 heteroatoms. The molecule has 0 aliphatic rings. The van der Waals surface area contributed by atoms with Gasteiger partial charge in [-0.05, 0) is 31.5 Å². The van der Waals surface area contributed by atoms with E-state index in [1.807, 2.05) is 6.92 Å². The van der Waals surface area contributed by atoms with Crippen molar-refractivity contribution in [1.29, 1.82) is 0 Å². The van der Waals surface area contributed by atoms with Crippen LogP contribution in [-0.4, -0.2) is 12.6 Å². The van der Waals surface area contributed by atoms with Crippen LogP contribution in [0.25, 0.3) is 0 Å². The molecule has 17 heavy (non-hydrogen) atoms. The number of hydrogen-bond acceptors (Lipinski definition) is 2. The molecular weight excluding hydrogens is 217 g/mol. The molecule has 0 aliphatic heterocycles. The second kappa shape index (κ2) is 6.93. The molecule has 2 N–H and O–H groups in total. The van der Waals surface area contributed by atoms with E-state index < -0.39 is 0 Å². The smallest absolute Gasteiger partial charge is 0.135 e. The fourth-order valence-electron chi connectivity index (χ4n) is 1.53. The predicted molar refractivity (Wildman–Crippen MR) is 67.3 cm³/mol. The van der Waals surface area contributed by atoms with Gasteiger partial charge in [-0.25, -0.2) is 4.39 Å². The Morgan fingerprint density at radius 3 is 2.88 bits per heavy atom. The zero-order chi connectivity index (χ0) is 12.7. The van der Waals surface area contributed by atoms with E-state index in [1.54, 1.807) is 6.07 Å². The molecule has 0 aliphatic carbocycles. The highest BCUT2D eigenvalue weighted by molar-refractivity contribution is 5.46. The molecule has 0 aromatic heterocycles. The summed E-state index contributed by atoms with van der Waals surface area (Å²) < 4.78 is 18.8. The topological polar surface area (TPSA) is 35.2 Å². The van der Waals surface area contributed by atoms with E-state index in [4.69, 9.17) is 10.5 Å². The van der Waals surface area contributed by atoms with Gasteiger partial charge in [0.15, 0.2) is 0 Å². The SMILES string of the molecule is CCCC(C)Oc1ccc(F)cc1C#CCN. The fraction of sp³-hybridized carbons (Fsp3) is 0.429. The summed E-state index contributed by atoms with van der Waals surface area (Å²) in [6.45, 7) is 4.34. The van der Waals surface area contributed by atoms with Gasteiger partial charge in [0.25, 0.3) is 0 Å². The van der Waals surface area contributed by atoms with E-state index in [-0.39, 0.29) is 18.5 Å². The van der Waals surface area contributed by atoms with Crippen molar-refractivity contribution < 1.29 is 9.13 Å². The second-order valence-electron chi connectivity index (χ2n) is 3.86. The van der Waals surface area contributed by atoms with Crippen LogP contribution >= 0.6 is 0 Å². The van der Waals surface area contributed by atoms with Crippen molar-refractivity contribution >= 4 is 0 Å². The van der Waals surface area contributed by atoms with Gasteiger partial charge >= 0.3 is 0 Å². The van der Waals surface area contributed by atoms with Gasteiger partial charge in [0.05, 0.1) is 18.2 Å². The standard InChI is InChI=1S/C14H18FNO/c1-3-5-11(2)17-14-8-7-13(15)10-12(14)6-4-9-16/h7-8,10-11H,3,5,9,16H2,1-2H3. The maximum absolute atomic E-state index is 13.1. The van der Waals surface area contributed by atoms with Crippen molar-refractivity contribution in [2.45, 2.75) is 32.8 Å². The van der Waals surface area contributed by atoms with Gasteiger partial charge in [-0.3, -0.25) is 0 Å². The lowest BCUT2D eigenvalue weighted by Gasteiger charge is -2.15. The van der Waals surface area contributed by atoms with E-state index >= 15 is 0 Å². The van der Waals surface area contributed by atoms with Crippen molar-refractivity contribution in [1.82, 2.24) is 0 Å². The Balaban J connectivity index is 2.89. The molecule has 1 unspecified atom stereocenters. The molecule has 0 saturated heterocycles. The lowest BCUT2D eigenvalue weighted by atomic mass is 10.2. The minimum atomic E-state index is -0.318. The Morgan fingerprint density at radius 1 is 1.47 bits per heavy atom. The minimum absolute atomic E-state index is 0.101. The van der Waals surface area contributed by atoms with Crippen LogP contribution in [0.5, 0.6) is 5.75 Å². The molecule has 1 rings (SSSR count). The minimum Gasteiger partial charge on any atom is -0.489 e. The number of hydrogen-bond donors (Lipinski definition) is 1. The number of halogens is 1. The largest absolute Gasteiger partial charge is 0.489 e. The predicted octanol–water partition coefficient (Wildman–Crippen LogP) is 2.70. The highest BCUT2D eigenvalue weighted by Gasteiger charge is 2.07. The van der Waals surface area contributed by atoms with Gasteiger partial charge in [-0.1, -0.05) is 25.2 Å². The summed E-state index contributed by atoms with van der Waals surface area (Å²) in [4.78, 5) is 0. The Bertz CT molecular complexity index is 420. The molecule has 0 heterocycles. The maximum atomic E-state index is 13.1. The summed E-state index contributed by atoms with van der Waals surface area (Å²) in [5.41, 5.74) is 5.86. The third-order valence-electron chi connectivity index (χ3n) is 2.29. The van der Waals surface area contributed by atoms with Gasteiger partial charge < -0.3 is 10.5 Å². The van der Waals surface area contributed by atoms with Crippen molar-refractivity contribution in [3.63, 3.8) is 0 Å². The first-order valence-electron chi connectivity index (χ1n) is 5.82. The van der Waals surface area contributed by atoms with E-state index in [0.29, 0.717) is 11.3 Å². The molecule has 1 atom stereocenters. The first-order chi connectivity index (χ1) is 8.17. The van der Waals surface area contributed by atoms with Crippen LogP contribution < -0.4 is 10.5 Å². The summed E-state index contributed by atoms with van der Waals surface area (Å²) in [5, 5.41) is 0. The highest BCUT2D eigenvalue weighted by Crippen LogP contribution is 2.21. The van der Waals surface area contributed by atoms with Crippen LogP contribution in [0, 0.1) is 17.7 Å². The van der Waals surface area contributed by atoms with E-state index in [9.17, 15) is 4.39 Å². The molecule has 0 saturated carbocycles. The van der Waals surface area contributed by atoms with Crippen molar-refractivity contribution in [2.75, 3.05) is 6.54 Å². The number of benzene rings is 1. The van der Waals surface area contributed by atoms with Gasteiger partial charge in [0.2, 0.25) is 0 Å². The Hall–Kier alpha value is -1.53. The van der Waals surface area contributed by atoms with Crippen molar-refractivity contribution in [3.05, 3.63) is 29.6 Å². The van der Waals surface area contributed by atoms with Gasteiger partial charge in [-0.2, -0.15) is 0 Å². The summed E-state index contributed by atoms with van der Waals surface area (Å²) in [7, 11) is 0. The summed E-state index contributed by atoms with van der Waals surface area (Å²) >= 11 is 0. The highest BCUT2D eigenvalue weighted by atomic mass is 19.1. The molecule has 0 fully saturated rings. The average molecular weight is 235 g/mol. The van der Waals surface area contributed by atoms with Gasteiger partial charge in [0, 0.05) is 0 Å². The third-order valence-corrected chi connectivity index (χ3v) is 2.29. The lowest BCUT2D eigenvalue weighted by Crippen LogP contribution is -2.12. The third kappa shape index (κ3) is 4.46. The van der Waals surface area contributed by atoms with E-state index in [0.717, 1.165) is 12.8 Å². The Labute approximate surface area is 102 Å². The van der Waals surface area contributed by atoms with Crippen LogP contribution in [0.4, 0.5) is 4.39 Å². The first-order valence-corrected chi connectivity index (χ1v) is 5.82.